The molecular weight excluding hydrogens is 340 g/mol. The Balaban J connectivity index is 1.87. The Morgan fingerprint density at radius 3 is 2.63 bits per heavy atom. The van der Waals surface area contributed by atoms with Gasteiger partial charge < -0.3 is 9.47 Å². The van der Waals surface area contributed by atoms with Gasteiger partial charge in [0.2, 0.25) is 0 Å². The summed E-state index contributed by atoms with van der Waals surface area (Å²) in [6.07, 6.45) is 3.60. The predicted molar refractivity (Wildman–Crippen MR) is 105 cm³/mol. The highest BCUT2D eigenvalue weighted by Gasteiger charge is 2.20. The third-order valence-electron chi connectivity index (χ3n) is 4.68. The zero-order valence-corrected chi connectivity index (χ0v) is 16.1. The van der Waals surface area contributed by atoms with Crippen molar-refractivity contribution in [1.29, 1.82) is 0 Å². The van der Waals surface area contributed by atoms with Gasteiger partial charge in [0, 0.05) is 38.2 Å². The van der Waals surface area contributed by atoms with Crippen molar-refractivity contribution >= 4 is 5.91 Å². The molecule has 2 heterocycles. The topological polar surface area (TPSA) is 60.1 Å². The van der Waals surface area contributed by atoms with E-state index in [4.69, 9.17) is 0 Å². The third kappa shape index (κ3) is 3.69. The molecule has 0 atom stereocenters. The summed E-state index contributed by atoms with van der Waals surface area (Å²) in [6, 6.07) is 11.6. The van der Waals surface area contributed by atoms with Crippen molar-refractivity contribution < 1.29 is 4.79 Å². The number of nitrogens with zero attached hydrogens (tertiary/aromatic N) is 4. The number of benzene rings is 1. The summed E-state index contributed by atoms with van der Waals surface area (Å²) in [7, 11) is 1.72. The lowest BCUT2D eigenvalue weighted by molar-refractivity contribution is 0.0782. The average molecular weight is 364 g/mol. The number of pyridine rings is 1. The number of carbonyl (C=O) groups excluding carboxylic acids is 1. The van der Waals surface area contributed by atoms with Crippen molar-refractivity contribution in [2.24, 2.45) is 0 Å². The maximum atomic E-state index is 13.0. The van der Waals surface area contributed by atoms with Crippen molar-refractivity contribution in [3.8, 4) is 5.69 Å². The Labute approximate surface area is 158 Å². The highest BCUT2D eigenvalue weighted by Crippen LogP contribution is 2.14. The van der Waals surface area contributed by atoms with Crippen LogP contribution >= 0.6 is 0 Å². The average Bonchev–Trinajstić information content (AvgIpc) is 3.16. The van der Waals surface area contributed by atoms with Crippen molar-refractivity contribution in [2.75, 3.05) is 7.05 Å². The number of aromatic nitrogens is 3. The molecule has 0 fully saturated rings. The maximum absolute atomic E-state index is 13.0. The van der Waals surface area contributed by atoms with Gasteiger partial charge in [-0.05, 0) is 56.2 Å². The van der Waals surface area contributed by atoms with Crippen LogP contribution in [0.3, 0.4) is 0 Å². The van der Waals surface area contributed by atoms with Crippen molar-refractivity contribution in [3.63, 3.8) is 0 Å². The SMILES string of the molecule is CCn1c(C)cc(C)c(C(=O)N(C)Cc2cccc(-n3cccn3)c2)c1=O. The number of rotatable bonds is 5. The standard InChI is InChI=1S/C21H24N4O2/c1-5-24-16(3)12-15(2)19(21(24)27)20(26)23(4)14-17-8-6-9-18(13-17)25-11-7-10-22-25/h6-13H,5,14H2,1-4H3. The van der Waals surface area contributed by atoms with E-state index in [2.05, 4.69) is 5.10 Å². The first kappa shape index (κ1) is 18.6. The molecule has 1 amide bonds. The van der Waals surface area contributed by atoms with Gasteiger partial charge in [-0.15, -0.1) is 0 Å². The molecule has 0 saturated heterocycles. The molecule has 0 N–H and O–H groups in total. The van der Waals surface area contributed by atoms with Gasteiger partial charge in [-0.3, -0.25) is 9.59 Å². The summed E-state index contributed by atoms with van der Waals surface area (Å²) >= 11 is 0. The zero-order valence-electron chi connectivity index (χ0n) is 16.1. The number of hydrogen-bond donors (Lipinski definition) is 0. The molecule has 0 aliphatic heterocycles. The van der Waals surface area contributed by atoms with Crippen LogP contribution in [0.25, 0.3) is 5.69 Å². The Bertz CT molecular complexity index is 1020. The second-order valence-corrected chi connectivity index (χ2v) is 6.67. The fraction of sp³-hybridized carbons (Fsp3) is 0.286. The lowest BCUT2D eigenvalue weighted by Crippen LogP contribution is -2.35. The fourth-order valence-corrected chi connectivity index (χ4v) is 3.34. The normalized spacial score (nSPS) is 10.8. The molecule has 0 saturated carbocycles. The summed E-state index contributed by atoms with van der Waals surface area (Å²) < 4.78 is 3.40. The van der Waals surface area contributed by atoms with E-state index in [1.165, 1.54) is 0 Å². The molecule has 6 nitrogen and oxygen atoms in total. The lowest BCUT2D eigenvalue weighted by atomic mass is 10.1. The largest absolute Gasteiger partial charge is 0.337 e. The van der Waals surface area contributed by atoms with E-state index >= 15 is 0 Å². The van der Waals surface area contributed by atoms with E-state index in [9.17, 15) is 9.59 Å². The number of carbonyl (C=O) groups is 1. The van der Waals surface area contributed by atoms with Crippen LogP contribution in [-0.2, 0) is 13.1 Å². The Morgan fingerprint density at radius 2 is 1.96 bits per heavy atom. The number of hydrogen-bond acceptors (Lipinski definition) is 3. The van der Waals surface area contributed by atoms with E-state index in [-0.39, 0.29) is 17.0 Å². The Hall–Kier alpha value is -3.15. The lowest BCUT2D eigenvalue weighted by Gasteiger charge is -2.20. The number of aryl methyl sites for hydroxylation is 2. The molecule has 2 aromatic heterocycles. The first-order valence-electron chi connectivity index (χ1n) is 8.97. The van der Waals surface area contributed by atoms with Gasteiger partial charge in [0.1, 0.15) is 5.56 Å². The van der Waals surface area contributed by atoms with Gasteiger partial charge in [0.15, 0.2) is 0 Å². The van der Waals surface area contributed by atoms with Gasteiger partial charge in [0.05, 0.1) is 5.69 Å². The minimum absolute atomic E-state index is 0.225. The van der Waals surface area contributed by atoms with Crippen molar-refractivity contribution in [1.82, 2.24) is 19.2 Å². The highest BCUT2D eigenvalue weighted by atomic mass is 16.2. The molecule has 0 aliphatic rings. The van der Waals surface area contributed by atoms with Crippen molar-refractivity contribution in [2.45, 2.75) is 33.9 Å². The minimum atomic E-state index is -0.260. The quantitative estimate of drug-likeness (QED) is 0.699. The summed E-state index contributed by atoms with van der Waals surface area (Å²) in [5.74, 6) is -0.260. The monoisotopic (exact) mass is 364 g/mol. The van der Waals surface area contributed by atoms with E-state index in [1.807, 2.05) is 63.4 Å². The highest BCUT2D eigenvalue weighted by molar-refractivity contribution is 5.95. The van der Waals surface area contributed by atoms with Crippen molar-refractivity contribution in [3.05, 3.63) is 81.5 Å². The van der Waals surface area contributed by atoms with E-state index in [0.717, 1.165) is 16.9 Å². The molecule has 6 heteroatoms. The first-order valence-corrected chi connectivity index (χ1v) is 8.97. The molecule has 140 valence electrons. The van der Waals surface area contributed by atoms with Crippen LogP contribution in [0.5, 0.6) is 0 Å². The van der Waals surface area contributed by atoms with Crippen LogP contribution < -0.4 is 5.56 Å². The van der Waals surface area contributed by atoms with Crippen LogP contribution in [0, 0.1) is 13.8 Å². The molecule has 27 heavy (non-hydrogen) atoms. The minimum Gasteiger partial charge on any atom is -0.337 e. The summed E-state index contributed by atoms with van der Waals surface area (Å²) in [4.78, 5) is 27.3. The van der Waals surface area contributed by atoms with Crippen LogP contribution in [-0.4, -0.2) is 32.2 Å². The summed E-state index contributed by atoms with van der Waals surface area (Å²) in [5.41, 5.74) is 3.50. The molecule has 1 aromatic carbocycles. The van der Waals surface area contributed by atoms with Crippen LogP contribution in [0.4, 0.5) is 0 Å². The van der Waals surface area contributed by atoms with E-state index < -0.39 is 0 Å². The van der Waals surface area contributed by atoms with Gasteiger partial charge in [-0.25, -0.2) is 4.68 Å². The molecule has 0 radical (unpaired) electrons. The zero-order chi connectivity index (χ0) is 19.6. The Kier molecular flexibility index (Phi) is 5.26. The molecule has 0 spiro atoms. The van der Waals surface area contributed by atoms with Crippen LogP contribution in [0.15, 0.2) is 53.6 Å². The summed E-state index contributed by atoms with van der Waals surface area (Å²) in [5, 5.41) is 4.23. The van der Waals surface area contributed by atoms with Crippen LogP contribution in [0.2, 0.25) is 0 Å². The third-order valence-corrected chi connectivity index (χ3v) is 4.68. The molecule has 0 unspecified atom stereocenters. The second-order valence-electron chi connectivity index (χ2n) is 6.67. The number of amides is 1. The van der Waals surface area contributed by atoms with Gasteiger partial charge in [-0.1, -0.05) is 12.1 Å². The van der Waals surface area contributed by atoms with E-state index in [1.54, 1.807) is 27.4 Å². The van der Waals surface area contributed by atoms with Gasteiger partial charge in [0.25, 0.3) is 11.5 Å². The molecular formula is C21H24N4O2. The van der Waals surface area contributed by atoms with Gasteiger partial charge >= 0.3 is 0 Å². The molecule has 3 rings (SSSR count). The van der Waals surface area contributed by atoms with Gasteiger partial charge in [-0.2, -0.15) is 5.10 Å². The Morgan fingerprint density at radius 1 is 1.19 bits per heavy atom. The first-order chi connectivity index (χ1) is 12.9. The molecule has 0 bridgehead atoms. The smallest absolute Gasteiger partial charge is 0.263 e. The summed E-state index contributed by atoms with van der Waals surface area (Å²) in [6.45, 7) is 6.56. The molecule has 0 aliphatic carbocycles. The fourth-order valence-electron chi connectivity index (χ4n) is 3.34. The van der Waals surface area contributed by atoms with E-state index in [0.29, 0.717) is 18.7 Å². The predicted octanol–water partition coefficient (Wildman–Crippen LogP) is 2.94. The second kappa shape index (κ2) is 7.61. The molecule has 3 aromatic rings. The van der Waals surface area contributed by atoms with Crippen LogP contribution in [0.1, 0.15) is 34.1 Å². The maximum Gasteiger partial charge on any atom is 0.263 e.